The Kier molecular flexibility index (Phi) is 10.2. The Bertz CT molecular complexity index is 1520. The van der Waals surface area contributed by atoms with Crippen LogP contribution in [0.3, 0.4) is 0 Å². The molecular formula is C26H27ClN2O8S2. The highest BCUT2D eigenvalue weighted by atomic mass is 35.5. The Hall–Kier alpha value is -3.29. The molecule has 0 saturated heterocycles. The van der Waals surface area contributed by atoms with E-state index in [-0.39, 0.29) is 22.0 Å². The first kappa shape index (κ1) is 30.3. The zero-order chi connectivity index (χ0) is 28.6. The van der Waals surface area contributed by atoms with Crippen molar-refractivity contribution in [3.05, 3.63) is 88.9 Å². The maximum Gasteiger partial charge on any atom is 0.338 e. The number of amides is 1. The van der Waals surface area contributed by atoms with Gasteiger partial charge in [0.25, 0.3) is 10.1 Å². The summed E-state index contributed by atoms with van der Waals surface area (Å²) < 4.78 is 63.6. The fourth-order valence-corrected chi connectivity index (χ4v) is 5.74. The van der Waals surface area contributed by atoms with Gasteiger partial charge in [-0.1, -0.05) is 29.8 Å². The summed E-state index contributed by atoms with van der Waals surface area (Å²) in [5.41, 5.74) is 1.01. The van der Waals surface area contributed by atoms with Crippen molar-refractivity contribution in [2.45, 2.75) is 23.6 Å². The molecule has 0 aliphatic heterocycles. The van der Waals surface area contributed by atoms with E-state index in [4.69, 9.17) is 20.5 Å². The second-order valence-corrected chi connectivity index (χ2v) is 12.1. The maximum absolute atomic E-state index is 13.1. The van der Waals surface area contributed by atoms with Gasteiger partial charge in [-0.3, -0.25) is 8.98 Å². The van der Waals surface area contributed by atoms with Gasteiger partial charge in [0.05, 0.1) is 34.5 Å². The Balaban J connectivity index is 1.79. The molecule has 3 aromatic rings. The average molecular weight is 595 g/mol. The number of carbonyl (C=O) groups excluding carboxylic acids is 2. The van der Waals surface area contributed by atoms with Crippen LogP contribution in [-0.4, -0.2) is 48.5 Å². The summed E-state index contributed by atoms with van der Waals surface area (Å²) in [6, 6.07) is 17.4. The number of ether oxygens (including phenoxy) is 1. The van der Waals surface area contributed by atoms with Crippen LogP contribution < -0.4 is 10.0 Å². The van der Waals surface area contributed by atoms with Crippen molar-refractivity contribution >= 4 is 49.3 Å². The molecule has 0 spiro atoms. The molecular weight excluding hydrogens is 568 g/mol. The Morgan fingerprint density at radius 2 is 1.56 bits per heavy atom. The number of halogens is 1. The van der Waals surface area contributed by atoms with Crippen LogP contribution in [0.25, 0.3) is 0 Å². The average Bonchev–Trinajstić information content (AvgIpc) is 2.89. The van der Waals surface area contributed by atoms with Crippen LogP contribution in [0, 0.1) is 12.8 Å². The normalized spacial score (nSPS) is 12.5. The first-order chi connectivity index (χ1) is 18.4. The van der Waals surface area contributed by atoms with Crippen LogP contribution in [-0.2, 0) is 33.9 Å². The molecule has 0 aliphatic carbocycles. The van der Waals surface area contributed by atoms with E-state index in [2.05, 4.69) is 10.0 Å². The molecule has 0 heterocycles. The predicted molar refractivity (Wildman–Crippen MR) is 145 cm³/mol. The third kappa shape index (κ3) is 8.35. The van der Waals surface area contributed by atoms with Gasteiger partial charge in [-0.25, -0.2) is 17.9 Å². The molecule has 2 N–H and O–H groups in total. The van der Waals surface area contributed by atoms with Crippen molar-refractivity contribution in [2.24, 2.45) is 5.92 Å². The summed E-state index contributed by atoms with van der Waals surface area (Å²) in [7, 11) is -8.30. The minimum atomic E-state index is -4.25. The Labute approximate surface area is 232 Å². The molecule has 0 bridgehead atoms. The monoisotopic (exact) mass is 594 g/mol. The van der Waals surface area contributed by atoms with E-state index >= 15 is 0 Å². The number of aryl methyl sites for hydroxylation is 1. The van der Waals surface area contributed by atoms with Gasteiger partial charge >= 0.3 is 5.97 Å². The number of nitrogens with one attached hydrogen (secondary N) is 2. The molecule has 13 heteroatoms. The molecule has 208 valence electrons. The number of rotatable bonds is 12. The lowest BCUT2D eigenvalue weighted by Crippen LogP contribution is -2.38. The zero-order valence-electron chi connectivity index (χ0n) is 21.1. The zero-order valence-corrected chi connectivity index (χ0v) is 23.5. The molecule has 3 rings (SSSR count). The lowest BCUT2D eigenvalue weighted by atomic mass is 10.1. The third-order valence-corrected chi connectivity index (χ3v) is 8.60. The molecule has 1 amide bonds. The number of sulfonamides is 1. The van der Waals surface area contributed by atoms with Gasteiger partial charge in [0.1, 0.15) is 0 Å². The summed E-state index contributed by atoms with van der Waals surface area (Å²) in [5, 5.41) is 2.94. The van der Waals surface area contributed by atoms with Crippen molar-refractivity contribution in [1.29, 1.82) is 0 Å². The molecule has 0 aliphatic rings. The van der Waals surface area contributed by atoms with Crippen LogP contribution >= 0.6 is 11.6 Å². The molecule has 1 unspecified atom stereocenters. The second kappa shape index (κ2) is 13.2. The fourth-order valence-electron chi connectivity index (χ4n) is 3.36. The van der Waals surface area contributed by atoms with E-state index in [0.29, 0.717) is 16.3 Å². The van der Waals surface area contributed by atoms with Crippen LogP contribution in [0.2, 0.25) is 5.02 Å². The van der Waals surface area contributed by atoms with Gasteiger partial charge in [0.2, 0.25) is 15.9 Å². The minimum absolute atomic E-state index is 0.0690. The molecule has 3 aromatic carbocycles. The van der Waals surface area contributed by atoms with Crippen molar-refractivity contribution in [3.8, 4) is 0 Å². The highest BCUT2D eigenvalue weighted by molar-refractivity contribution is 7.89. The van der Waals surface area contributed by atoms with Crippen LogP contribution in [0.4, 0.5) is 5.69 Å². The maximum atomic E-state index is 13.1. The van der Waals surface area contributed by atoms with E-state index in [1.807, 2.05) is 0 Å². The van der Waals surface area contributed by atoms with Crippen molar-refractivity contribution in [1.82, 2.24) is 4.72 Å². The number of hydrogen-bond donors (Lipinski definition) is 2. The van der Waals surface area contributed by atoms with Gasteiger partial charge in [0, 0.05) is 17.3 Å². The largest absolute Gasteiger partial charge is 0.462 e. The lowest BCUT2D eigenvalue weighted by molar-refractivity contribution is -0.120. The van der Waals surface area contributed by atoms with Crippen molar-refractivity contribution in [3.63, 3.8) is 0 Å². The van der Waals surface area contributed by atoms with Crippen LogP contribution in [0.1, 0.15) is 22.8 Å². The highest BCUT2D eigenvalue weighted by Crippen LogP contribution is 2.19. The predicted octanol–water partition coefficient (Wildman–Crippen LogP) is 3.76. The van der Waals surface area contributed by atoms with E-state index in [0.717, 1.165) is 0 Å². The Morgan fingerprint density at radius 3 is 2.18 bits per heavy atom. The molecule has 0 fully saturated rings. The van der Waals surface area contributed by atoms with Gasteiger partial charge in [-0.2, -0.15) is 8.42 Å². The van der Waals surface area contributed by atoms with Gasteiger partial charge in [-0.05, 0) is 74.0 Å². The number of hydrogen-bond acceptors (Lipinski definition) is 8. The summed E-state index contributed by atoms with van der Waals surface area (Å²) >= 11 is 5.83. The third-order valence-electron chi connectivity index (χ3n) is 5.47. The summed E-state index contributed by atoms with van der Waals surface area (Å²) in [4.78, 5) is 24.8. The summed E-state index contributed by atoms with van der Waals surface area (Å²) in [5.74, 6) is -2.49. The number of anilines is 1. The highest BCUT2D eigenvalue weighted by Gasteiger charge is 2.27. The molecule has 10 nitrogen and oxygen atoms in total. The quantitative estimate of drug-likeness (QED) is 0.238. The number of benzene rings is 3. The van der Waals surface area contributed by atoms with E-state index in [1.54, 1.807) is 26.0 Å². The van der Waals surface area contributed by atoms with E-state index in [9.17, 15) is 26.4 Å². The molecule has 0 radical (unpaired) electrons. The molecule has 1 atom stereocenters. The summed E-state index contributed by atoms with van der Waals surface area (Å²) in [6.07, 6.45) is 0. The second-order valence-electron chi connectivity index (χ2n) is 8.29. The molecule has 0 aromatic heterocycles. The standard InChI is InChI=1S/C26H27ClN2O8S2/c1-3-36-26(31)19-8-12-22(13-9-19)29-25(30)20(16-28-38(32,33)23-14-10-21(27)11-15-23)17-37-39(34,35)24-7-5-4-6-18(24)2/h4-15,20,28H,3,16-17H2,1-2H3,(H,29,30). The van der Waals surface area contributed by atoms with Crippen molar-refractivity contribution < 1.29 is 35.3 Å². The van der Waals surface area contributed by atoms with E-state index < -0.39 is 51.1 Å². The Morgan fingerprint density at radius 1 is 0.923 bits per heavy atom. The molecule has 39 heavy (non-hydrogen) atoms. The lowest BCUT2D eigenvalue weighted by Gasteiger charge is -2.18. The number of esters is 1. The summed E-state index contributed by atoms with van der Waals surface area (Å²) in [6.45, 7) is 2.36. The molecule has 0 saturated carbocycles. The van der Waals surface area contributed by atoms with Gasteiger partial charge in [0.15, 0.2) is 0 Å². The fraction of sp³-hybridized carbons (Fsp3) is 0.231. The van der Waals surface area contributed by atoms with Crippen LogP contribution in [0.5, 0.6) is 0 Å². The van der Waals surface area contributed by atoms with Gasteiger partial charge in [-0.15, -0.1) is 0 Å². The first-order valence-corrected chi connectivity index (χ1v) is 15.0. The number of carbonyl (C=O) groups is 2. The van der Waals surface area contributed by atoms with Gasteiger partial charge < -0.3 is 10.1 Å². The minimum Gasteiger partial charge on any atom is -0.462 e. The van der Waals surface area contributed by atoms with E-state index in [1.165, 1.54) is 60.7 Å². The smallest absolute Gasteiger partial charge is 0.338 e. The van der Waals surface area contributed by atoms with Crippen LogP contribution in [0.15, 0.2) is 82.6 Å². The topological polar surface area (TPSA) is 145 Å². The van der Waals surface area contributed by atoms with Crippen molar-refractivity contribution in [2.75, 3.05) is 25.1 Å². The SMILES string of the molecule is CCOC(=O)c1ccc(NC(=O)C(CNS(=O)(=O)c2ccc(Cl)cc2)COS(=O)(=O)c2ccccc2C)cc1. The first-order valence-electron chi connectivity index (χ1n) is 11.7.